The highest BCUT2D eigenvalue weighted by Gasteiger charge is 2.19. The van der Waals surface area contributed by atoms with Crippen molar-refractivity contribution in [3.05, 3.63) is 69.6 Å². The molecule has 0 atom stereocenters. The molecular weight excluding hydrogens is 352 g/mol. The highest BCUT2D eigenvalue weighted by Crippen LogP contribution is 2.19. The Labute approximate surface area is 157 Å². The number of nitrogens with zero attached hydrogens (tertiary/aromatic N) is 2. The zero-order chi connectivity index (χ0) is 19.3. The van der Waals surface area contributed by atoms with Crippen molar-refractivity contribution in [1.29, 1.82) is 0 Å². The summed E-state index contributed by atoms with van der Waals surface area (Å²) in [5.41, 5.74) is 1.22. The van der Waals surface area contributed by atoms with Crippen LogP contribution in [0.5, 0.6) is 0 Å². The first-order valence-electron chi connectivity index (χ1n) is 8.24. The van der Waals surface area contributed by atoms with Gasteiger partial charge in [-0.25, -0.2) is 4.68 Å². The van der Waals surface area contributed by atoms with Crippen LogP contribution in [0.4, 0.5) is 5.69 Å². The third-order valence-electron chi connectivity index (χ3n) is 3.66. The van der Waals surface area contributed by atoms with Gasteiger partial charge in [-0.05, 0) is 38.5 Å². The molecule has 2 N–H and O–H groups in total. The van der Waals surface area contributed by atoms with E-state index in [4.69, 9.17) is 11.6 Å². The van der Waals surface area contributed by atoms with Gasteiger partial charge in [0.05, 0.1) is 17.4 Å². The minimum Gasteiger partial charge on any atom is -0.378 e. The van der Waals surface area contributed by atoms with Crippen LogP contribution < -0.4 is 16.2 Å². The molecule has 0 unspecified atom stereocenters. The molecule has 1 aromatic heterocycles. The maximum atomic E-state index is 12.3. The fourth-order valence-corrected chi connectivity index (χ4v) is 2.47. The van der Waals surface area contributed by atoms with Gasteiger partial charge < -0.3 is 10.6 Å². The van der Waals surface area contributed by atoms with Gasteiger partial charge in [-0.3, -0.25) is 9.59 Å². The largest absolute Gasteiger partial charge is 0.378 e. The maximum Gasteiger partial charge on any atom is 0.288 e. The molecule has 0 aliphatic rings. The Hall–Kier alpha value is -2.60. The Morgan fingerprint density at radius 3 is 2.54 bits per heavy atom. The van der Waals surface area contributed by atoms with Crippen LogP contribution in [0.3, 0.4) is 0 Å². The van der Waals surface area contributed by atoms with Crippen molar-refractivity contribution in [3.63, 3.8) is 0 Å². The number of aromatic nitrogens is 2. The topological polar surface area (TPSA) is 76.0 Å². The molecule has 0 spiro atoms. The van der Waals surface area contributed by atoms with Gasteiger partial charge in [-0.2, -0.15) is 5.10 Å². The Kier molecular flexibility index (Phi) is 6.21. The Bertz CT molecular complexity index is 851. The van der Waals surface area contributed by atoms with Crippen LogP contribution in [-0.4, -0.2) is 22.2 Å². The van der Waals surface area contributed by atoms with E-state index in [-0.39, 0.29) is 16.5 Å². The van der Waals surface area contributed by atoms with Crippen LogP contribution in [-0.2, 0) is 12.1 Å². The number of benzene rings is 1. The van der Waals surface area contributed by atoms with Crippen LogP contribution in [0.2, 0.25) is 5.02 Å². The smallest absolute Gasteiger partial charge is 0.288 e. The number of carbonyl (C=O) groups excluding carboxylic acids is 1. The molecule has 0 saturated heterocycles. The van der Waals surface area contributed by atoms with Gasteiger partial charge in [0.15, 0.2) is 0 Å². The fourth-order valence-electron chi connectivity index (χ4n) is 2.27. The van der Waals surface area contributed by atoms with Crippen LogP contribution in [0.25, 0.3) is 0 Å². The lowest BCUT2D eigenvalue weighted by Gasteiger charge is -2.21. The van der Waals surface area contributed by atoms with E-state index in [1.165, 1.54) is 4.68 Å². The third kappa shape index (κ3) is 4.73. The van der Waals surface area contributed by atoms with Crippen LogP contribution >= 0.6 is 11.6 Å². The van der Waals surface area contributed by atoms with E-state index in [9.17, 15) is 9.59 Å². The number of rotatable bonds is 6. The SMILES string of the molecule is C=CCNC(=O)c1ccc(CNc2cnn(C(C)(C)C)c(=O)c2Cl)cc1. The number of amides is 1. The van der Waals surface area contributed by atoms with Crippen molar-refractivity contribution in [2.45, 2.75) is 32.9 Å². The minimum atomic E-state index is -0.443. The van der Waals surface area contributed by atoms with E-state index in [2.05, 4.69) is 22.3 Å². The van der Waals surface area contributed by atoms with Gasteiger partial charge in [0.1, 0.15) is 5.02 Å². The Balaban J connectivity index is 2.07. The second-order valence-electron chi connectivity index (χ2n) is 6.81. The summed E-state index contributed by atoms with van der Waals surface area (Å²) in [7, 11) is 0. The van der Waals surface area contributed by atoms with Gasteiger partial charge in [-0.15, -0.1) is 6.58 Å². The summed E-state index contributed by atoms with van der Waals surface area (Å²) in [5.74, 6) is -0.151. The summed E-state index contributed by atoms with van der Waals surface area (Å²) >= 11 is 6.19. The second kappa shape index (κ2) is 8.19. The Morgan fingerprint density at radius 2 is 1.96 bits per heavy atom. The second-order valence-corrected chi connectivity index (χ2v) is 7.19. The first-order chi connectivity index (χ1) is 12.2. The molecule has 1 aromatic carbocycles. The number of hydrogen-bond donors (Lipinski definition) is 2. The van der Waals surface area contributed by atoms with E-state index in [1.807, 2.05) is 32.9 Å². The van der Waals surface area contributed by atoms with Crippen molar-refractivity contribution in [2.24, 2.45) is 0 Å². The molecular formula is C19H23ClN4O2. The lowest BCUT2D eigenvalue weighted by molar-refractivity contribution is 0.0958. The standard InChI is InChI=1S/C19H23ClN4O2/c1-5-10-21-17(25)14-8-6-13(7-9-14)11-22-15-12-23-24(19(2,3)4)18(26)16(15)20/h5-9,12,22H,1,10-11H2,2-4H3,(H,21,25). The summed E-state index contributed by atoms with van der Waals surface area (Å²) in [6.07, 6.45) is 3.17. The van der Waals surface area contributed by atoms with Gasteiger partial charge in [0.25, 0.3) is 11.5 Å². The summed E-state index contributed by atoms with van der Waals surface area (Å²) in [6, 6.07) is 7.17. The molecule has 0 saturated carbocycles. The predicted octanol–water partition coefficient (Wildman–Crippen LogP) is 3.18. The van der Waals surface area contributed by atoms with E-state index in [0.717, 1.165) is 5.56 Å². The average molecular weight is 375 g/mol. The van der Waals surface area contributed by atoms with Crippen molar-refractivity contribution in [2.75, 3.05) is 11.9 Å². The molecule has 0 radical (unpaired) electrons. The summed E-state index contributed by atoms with van der Waals surface area (Å²) in [5, 5.41) is 10.1. The number of carbonyl (C=O) groups is 1. The van der Waals surface area contributed by atoms with Gasteiger partial charge in [0, 0.05) is 18.7 Å². The highest BCUT2D eigenvalue weighted by molar-refractivity contribution is 6.32. The highest BCUT2D eigenvalue weighted by atomic mass is 35.5. The van der Waals surface area contributed by atoms with Gasteiger partial charge in [0.2, 0.25) is 0 Å². The third-order valence-corrected chi connectivity index (χ3v) is 4.03. The number of nitrogens with one attached hydrogen (secondary N) is 2. The van der Waals surface area contributed by atoms with Crippen LogP contribution in [0.1, 0.15) is 36.7 Å². The molecule has 0 bridgehead atoms. The molecule has 1 heterocycles. The molecule has 0 aliphatic carbocycles. The molecule has 138 valence electrons. The zero-order valence-corrected chi connectivity index (χ0v) is 15.9. The van der Waals surface area contributed by atoms with Crippen molar-refractivity contribution >= 4 is 23.2 Å². The predicted molar refractivity (Wildman–Crippen MR) is 105 cm³/mol. The average Bonchev–Trinajstić information content (AvgIpc) is 2.60. The molecule has 26 heavy (non-hydrogen) atoms. The van der Waals surface area contributed by atoms with Gasteiger partial charge >= 0.3 is 0 Å². The Morgan fingerprint density at radius 1 is 1.31 bits per heavy atom. The lowest BCUT2D eigenvalue weighted by Crippen LogP contribution is -2.36. The van der Waals surface area contributed by atoms with E-state index in [1.54, 1.807) is 24.4 Å². The number of hydrogen-bond acceptors (Lipinski definition) is 4. The zero-order valence-electron chi connectivity index (χ0n) is 15.2. The minimum absolute atomic E-state index is 0.107. The molecule has 2 aromatic rings. The molecule has 0 fully saturated rings. The normalized spacial score (nSPS) is 11.1. The maximum absolute atomic E-state index is 12.3. The summed E-state index contributed by atoms with van der Waals surface area (Å²) in [6.45, 7) is 10.1. The van der Waals surface area contributed by atoms with E-state index >= 15 is 0 Å². The monoisotopic (exact) mass is 374 g/mol. The number of anilines is 1. The molecule has 7 heteroatoms. The van der Waals surface area contributed by atoms with Crippen molar-refractivity contribution in [1.82, 2.24) is 15.1 Å². The molecule has 0 aliphatic heterocycles. The van der Waals surface area contributed by atoms with Crippen LogP contribution in [0.15, 0.2) is 47.9 Å². The fraction of sp³-hybridized carbons (Fsp3) is 0.316. The number of halogens is 1. The van der Waals surface area contributed by atoms with Gasteiger partial charge in [-0.1, -0.05) is 29.8 Å². The van der Waals surface area contributed by atoms with E-state index < -0.39 is 5.54 Å². The molecule has 1 amide bonds. The molecule has 2 rings (SSSR count). The first-order valence-corrected chi connectivity index (χ1v) is 8.62. The summed E-state index contributed by atoms with van der Waals surface area (Å²) in [4.78, 5) is 24.2. The molecule has 6 nitrogen and oxygen atoms in total. The first kappa shape index (κ1) is 19.7. The van der Waals surface area contributed by atoms with E-state index in [0.29, 0.717) is 24.3 Å². The lowest BCUT2D eigenvalue weighted by atomic mass is 10.1. The van der Waals surface area contributed by atoms with Crippen molar-refractivity contribution < 1.29 is 4.79 Å². The van der Waals surface area contributed by atoms with Crippen molar-refractivity contribution in [3.8, 4) is 0 Å². The van der Waals surface area contributed by atoms with Crippen LogP contribution in [0, 0.1) is 0 Å². The summed E-state index contributed by atoms with van der Waals surface area (Å²) < 4.78 is 1.36. The quantitative estimate of drug-likeness (QED) is 0.761.